The fraction of sp³-hybridized carbons (Fsp3) is 0.444. The lowest BCUT2D eigenvalue weighted by molar-refractivity contribution is -0.133. The van der Waals surface area contributed by atoms with Crippen molar-refractivity contribution >= 4 is 16.8 Å². The molecule has 0 aliphatic heterocycles. The Hall–Kier alpha value is -2.10. The van der Waals surface area contributed by atoms with Gasteiger partial charge in [0.25, 0.3) is 5.56 Å². The number of rotatable bonds is 4. The maximum absolute atomic E-state index is 12.7. The zero-order valence-electron chi connectivity index (χ0n) is 14.0. The molecule has 0 radical (unpaired) electrons. The summed E-state index contributed by atoms with van der Waals surface area (Å²) >= 11 is 0. The third-order valence-corrected chi connectivity index (χ3v) is 4.30. The third-order valence-electron chi connectivity index (χ3n) is 4.30. The van der Waals surface area contributed by atoms with Crippen molar-refractivity contribution in [1.29, 1.82) is 0 Å². The van der Waals surface area contributed by atoms with Crippen LogP contribution >= 0.6 is 0 Å². The van der Waals surface area contributed by atoms with Gasteiger partial charge in [-0.05, 0) is 45.7 Å². The lowest BCUT2D eigenvalue weighted by atomic mass is 10.0. The van der Waals surface area contributed by atoms with Gasteiger partial charge < -0.3 is 4.90 Å². The van der Waals surface area contributed by atoms with E-state index in [4.69, 9.17) is 0 Å². The first-order chi connectivity index (χ1) is 10.4. The van der Waals surface area contributed by atoms with Crippen LogP contribution in [0.3, 0.4) is 0 Å². The van der Waals surface area contributed by atoms with Crippen LogP contribution in [0, 0.1) is 13.8 Å². The van der Waals surface area contributed by atoms with Crippen LogP contribution in [0.15, 0.2) is 29.1 Å². The van der Waals surface area contributed by atoms with Crippen LogP contribution in [0.1, 0.15) is 37.9 Å². The van der Waals surface area contributed by atoms with E-state index < -0.39 is 6.04 Å². The first-order valence-corrected chi connectivity index (χ1v) is 7.82. The Labute approximate surface area is 131 Å². The molecule has 0 fully saturated rings. The van der Waals surface area contributed by atoms with Crippen molar-refractivity contribution in [2.45, 2.75) is 40.7 Å². The molecule has 0 unspecified atom stereocenters. The predicted molar refractivity (Wildman–Crippen MR) is 90.3 cm³/mol. The first kappa shape index (κ1) is 16.3. The van der Waals surface area contributed by atoms with Crippen molar-refractivity contribution in [3.05, 3.63) is 45.7 Å². The van der Waals surface area contributed by atoms with E-state index in [-0.39, 0.29) is 11.5 Å². The minimum absolute atomic E-state index is 0.0134. The molecule has 0 bridgehead atoms. The van der Waals surface area contributed by atoms with Crippen LogP contribution in [0.2, 0.25) is 0 Å². The van der Waals surface area contributed by atoms with Crippen molar-refractivity contribution in [3.8, 4) is 0 Å². The third kappa shape index (κ3) is 2.65. The molecule has 0 saturated heterocycles. The number of carbonyl (C=O) groups is 1. The molecular formula is C18H24N2O2. The van der Waals surface area contributed by atoms with Gasteiger partial charge >= 0.3 is 0 Å². The first-order valence-electron chi connectivity index (χ1n) is 7.82. The lowest BCUT2D eigenvalue weighted by Crippen LogP contribution is -2.39. The van der Waals surface area contributed by atoms with E-state index in [2.05, 4.69) is 0 Å². The van der Waals surface area contributed by atoms with Crippen LogP contribution in [0.5, 0.6) is 0 Å². The van der Waals surface area contributed by atoms with Gasteiger partial charge in [-0.2, -0.15) is 0 Å². The summed E-state index contributed by atoms with van der Waals surface area (Å²) in [6, 6.07) is 7.08. The van der Waals surface area contributed by atoms with E-state index in [1.165, 1.54) is 0 Å². The standard InChI is InChI=1S/C18H24N2O2/c1-6-19(7-2)18(22)14(5)20-16(21)11-13(4)15-10-8-9-12(3)17(15)20/h8-11,14H,6-7H2,1-5H3/t14-/m0/s1. The number of nitrogens with zero attached hydrogens (tertiary/aromatic N) is 2. The maximum atomic E-state index is 12.7. The molecule has 1 amide bonds. The summed E-state index contributed by atoms with van der Waals surface area (Å²) in [5.41, 5.74) is 2.70. The van der Waals surface area contributed by atoms with E-state index in [0.29, 0.717) is 13.1 Å². The number of pyridine rings is 1. The summed E-state index contributed by atoms with van der Waals surface area (Å²) in [6.45, 7) is 10.9. The topological polar surface area (TPSA) is 42.3 Å². The molecule has 22 heavy (non-hydrogen) atoms. The molecular weight excluding hydrogens is 276 g/mol. The highest BCUT2D eigenvalue weighted by Crippen LogP contribution is 2.23. The molecule has 2 rings (SSSR count). The number of aryl methyl sites for hydroxylation is 2. The number of benzene rings is 1. The van der Waals surface area contributed by atoms with Crippen molar-refractivity contribution in [2.75, 3.05) is 13.1 Å². The summed E-state index contributed by atoms with van der Waals surface area (Å²) in [5, 5.41) is 1.03. The lowest BCUT2D eigenvalue weighted by Gasteiger charge is -2.26. The van der Waals surface area contributed by atoms with E-state index in [1.807, 2.05) is 52.8 Å². The van der Waals surface area contributed by atoms with E-state index in [1.54, 1.807) is 15.5 Å². The van der Waals surface area contributed by atoms with E-state index in [0.717, 1.165) is 22.0 Å². The molecule has 1 aromatic carbocycles. The normalized spacial score (nSPS) is 12.4. The summed E-state index contributed by atoms with van der Waals surface area (Å²) in [5.74, 6) is -0.0134. The van der Waals surface area contributed by atoms with Crippen molar-refractivity contribution in [3.63, 3.8) is 0 Å². The molecule has 0 N–H and O–H groups in total. The minimum Gasteiger partial charge on any atom is -0.341 e. The Morgan fingerprint density at radius 1 is 1.18 bits per heavy atom. The molecule has 0 spiro atoms. The van der Waals surface area contributed by atoms with Gasteiger partial charge in [0, 0.05) is 24.5 Å². The number of para-hydroxylation sites is 1. The zero-order chi connectivity index (χ0) is 16.4. The average Bonchev–Trinajstić information content (AvgIpc) is 2.49. The van der Waals surface area contributed by atoms with Crippen LogP contribution < -0.4 is 5.56 Å². The Balaban J connectivity index is 2.70. The highest BCUT2D eigenvalue weighted by atomic mass is 16.2. The summed E-state index contributed by atoms with van der Waals surface area (Å²) < 4.78 is 1.64. The average molecular weight is 300 g/mol. The van der Waals surface area contributed by atoms with Crippen LogP contribution in [0.4, 0.5) is 0 Å². The summed E-state index contributed by atoms with van der Waals surface area (Å²) in [4.78, 5) is 27.0. The molecule has 0 aliphatic rings. The van der Waals surface area contributed by atoms with Gasteiger partial charge in [0.15, 0.2) is 0 Å². The fourth-order valence-electron chi connectivity index (χ4n) is 3.03. The van der Waals surface area contributed by atoms with Gasteiger partial charge in [0.2, 0.25) is 5.91 Å². The SMILES string of the molecule is CCN(CC)C(=O)[C@H](C)n1c(=O)cc(C)c2cccc(C)c21. The quantitative estimate of drug-likeness (QED) is 0.871. The molecule has 1 atom stereocenters. The van der Waals surface area contributed by atoms with Crippen molar-refractivity contribution in [1.82, 2.24) is 9.47 Å². The molecule has 0 saturated carbocycles. The monoisotopic (exact) mass is 300 g/mol. The van der Waals surface area contributed by atoms with Gasteiger partial charge in [-0.15, -0.1) is 0 Å². The van der Waals surface area contributed by atoms with Gasteiger partial charge in [0.1, 0.15) is 6.04 Å². The number of likely N-dealkylation sites (N-methyl/N-ethyl adjacent to an activating group) is 1. The highest BCUT2D eigenvalue weighted by Gasteiger charge is 2.23. The molecule has 0 aliphatic carbocycles. The number of amides is 1. The molecule has 1 heterocycles. The van der Waals surface area contributed by atoms with Gasteiger partial charge in [0.05, 0.1) is 5.52 Å². The maximum Gasteiger partial charge on any atom is 0.252 e. The number of hydrogen-bond donors (Lipinski definition) is 0. The highest BCUT2D eigenvalue weighted by molar-refractivity contribution is 5.88. The second-order valence-corrected chi connectivity index (χ2v) is 5.69. The Morgan fingerprint density at radius 2 is 1.82 bits per heavy atom. The molecule has 1 aromatic heterocycles. The van der Waals surface area contributed by atoms with E-state index in [9.17, 15) is 9.59 Å². The smallest absolute Gasteiger partial charge is 0.252 e. The second kappa shape index (κ2) is 6.34. The summed E-state index contributed by atoms with van der Waals surface area (Å²) in [6.07, 6.45) is 0. The Morgan fingerprint density at radius 3 is 2.41 bits per heavy atom. The number of fused-ring (bicyclic) bond motifs is 1. The molecule has 2 aromatic rings. The molecule has 4 nitrogen and oxygen atoms in total. The number of carbonyl (C=O) groups excluding carboxylic acids is 1. The van der Waals surface area contributed by atoms with Crippen molar-refractivity contribution in [2.24, 2.45) is 0 Å². The molecule has 4 heteroatoms. The largest absolute Gasteiger partial charge is 0.341 e. The number of hydrogen-bond acceptors (Lipinski definition) is 2. The number of aromatic nitrogens is 1. The Kier molecular flexibility index (Phi) is 4.69. The van der Waals surface area contributed by atoms with Gasteiger partial charge in [-0.3, -0.25) is 14.2 Å². The van der Waals surface area contributed by atoms with Gasteiger partial charge in [-0.1, -0.05) is 18.2 Å². The second-order valence-electron chi connectivity index (χ2n) is 5.69. The van der Waals surface area contributed by atoms with E-state index >= 15 is 0 Å². The Bertz CT molecular complexity index is 758. The van der Waals surface area contributed by atoms with Gasteiger partial charge in [-0.25, -0.2) is 0 Å². The zero-order valence-corrected chi connectivity index (χ0v) is 14.0. The van der Waals surface area contributed by atoms with Crippen LogP contribution in [-0.4, -0.2) is 28.5 Å². The predicted octanol–water partition coefficient (Wildman–Crippen LogP) is 3.05. The minimum atomic E-state index is -0.503. The van der Waals surface area contributed by atoms with Crippen molar-refractivity contribution < 1.29 is 4.79 Å². The molecule has 118 valence electrons. The summed E-state index contributed by atoms with van der Waals surface area (Å²) in [7, 11) is 0. The van der Waals surface area contributed by atoms with Crippen LogP contribution in [-0.2, 0) is 4.79 Å². The van der Waals surface area contributed by atoms with Crippen LogP contribution in [0.25, 0.3) is 10.9 Å². The fourth-order valence-corrected chi connectivity index (χ4v) is 3.03.